The summed E-state index contributed by atoms with van der Waals surface area (Å²) in [4.78, 5) is 12.8. The lowest BCUT2D eigenvalue weighted by Crippen LogP contribution is -2.37. The molecule has 0 saturated heterocycles. The number of hydrogen-bond donors (Lipinski definition) is 1. The molecular formula is C24H26N2O4S. The number of rotatable bonds is 9. The van der Waals surface area contributed by atoms with Crippen LogP contribution in [0, 0.1) is 6.92 Å². The molecule has 0 aliphatic heterocycles. The highest BCUT2D eigenvalue weighted by molar-refractivity contribution is 7.89. The SMILES string of the molecule is CCOc1ccc(S(=O)(=O)N(CC(=O)Nc2ccc(C)cc2)Cc2ccccc2)cc1. The number of carbonyl (C=O) groups excluding carboxylic acids is 1. The van der Waals surface area contributed by atoms with Gasteiger partial charge in [0.15, 0.2) is 0 Å². The van der Waals surface area contributed by atoms with Gasteiger partial charge in [-0.1, -0.05) is 48.0 Å². The van der Waals surface area contributed by atoms with Crippen molar-refractivity contribution in [3.05, 3.63) is 90.0 Å². The molecule has 1 amide bonds. The standard InChI is InChI=1S/C24H26N2O4S/c1-3-30-22-13-15-23(16-14-22)31(28,29)26(17-20-7-5-4-6-8-20)18-24(27)25-21-11-9-19(2)10-12-21/h4-16H,3,17-18H2,1-2H3,(H,25,27). The molecule has 7 heteroatoms. The second-order valence-electron chi connectivity index (χ2n) is 7.08. The Morgan fingerprint density at radius 2 is 1.58 bits per heavy atom. The van der Waals surface area contributed by atoms with Gasteiger partial charge in [0.25, 0.3) is 0 Å². The molecule has 0 saturated carbocycles. The number of carbonyl (C=O) groups is 1. The Bertz CT molecular complexity index is 1100. The number of amides is 1. The van der Waals surface area contributed by atoms with Gasteiger partial charge in [0.1, 0.15) is 5.75 Å². The van der Waals surface area contributed by atoms with Gasteiger partial charge in [-0.25, -0.2) is 8.42 Å². The fourth-order valence-electron chi connectivity index (χ4n) is 3.03. The van der Waals surface area contributed by atoms with Crippen LogP contribution in [0.4, 0.5) is 5.69 Å². The zero-order valence-electron chi connectivity index (χ0n) is 17.6. The van der Waals surface area contributed by atoms with E-state index in [0.717, 1.165) is 11.1 Å². The summed E-state index contributed by atoms with van der Waals surface area (Å²) in [5.74, 6) is 0.183. The minimum Gasteiger partial charge on any atom is -0.494 e. The van der Waals surface area contributed by atoms with Crippen molar-refractivity contribution in [2.75, 3.05) is 18.5 Å². The van der Waals surface area contributed by atoms with Gasteiger partial charge in [-0.2, -0.15) is 4.31 Å². The highest BCUT2D eigenvalue weighted by Gasteiger charge is 2.27. The molecule has 0 radical (unpaired) electrons. The first-order chi connectivity index (χ1) is 14.9. The van der Waals surface area contributed by atoms with Crippen molar-refractivity contribution in [1.82, 2.24) is 4.31 Å². The normalized spacial score (nSPS) is 11.3. The van der Waals surface area contributed by atoms with Crippen molar-refractivity contribution in [2.24, 2.45) is 0 Å². The molecule has 0 aromatic heterocycles. The lowest BCUT2D eigenvalue weighted by molar-refractivity contribution is -0.116. The molecule has 3 aromatic carbocycles. The Morgan fingerprint density at radius 1 is 0.935 bits per heavy atom. The van der Waals surface area contributed by atoms with Gasteiger partial charge >= 0.3 is 0 Å². The van der Waals surface area contributed by atoms with E-state index in [-0.39, 0.29) is 18.0 Å². The van der Waals surface area contributed by atoms with Crippen LogP contribution in [-0.4, -0.2) is 31.8 Å². The minimum absolute atomic E-state index is 0.0811. The first kappa shape index (κ1) is 22.5. The van der Waals surface area contributed by atoms with Crippen LogP contribution in [0.3, 0.4) is 0 Å². The summed E-state index contributed by atoms with van der Waals surface area (Å²) in [7, 11) is -3.91. The van der Waals surface area contributed by atoms with Gasteiger partial charge in [-0.3, -0.25) is 4.79 Å². The second-order valence-corrected chi connectivity index (χ2v) is 9.02. The lowest BCUT2D eigenvalue weighted by atomic mass is 10.2. The van der Waals surface area contributed by atoms with E-state index < -0.39 is 15.9 Å². The van der Waals surface area contributed by atoms with Gasteiger partial charge in [0.2, 0.25) is 15.9 Å². The summed E-state index contributed by atoms with van der Waals surface area (Å²) in [5, 5.41) is 2.77. The number of sulfonamides is 1. The number of nitrogens with one attached hydrogen (secondary N) is 1. The summed E-state index contributed by atoms with van der Waals surface area (Å²) in [6.07, 6.45) is 0. The number of hydrogen-bond acceptors (Lipinski definition) is 4. The summed E-state index contributed by atoms with van der Waals surface area (Å²) >= 11 is 0. The van der Waals surface area contributed by atoms with Crippen LogP contribution in [0.5, 0.6) is 5.75 Å². The van der Waals surface area contributed by atoms with E-state index in [1.165, 1.54) is 16.4 Å². The number of nitrogens with zero attached hydrogens (tertiary/aromatic N) is 1. The monoisotopic (exact) mass is 438 g/mol. The van der Waals surface area contributed by atoms with Crippen LogP contribution in [-0.2, 0) is 21.4 Å². The van der Waals surface area contributed by atoms with Crippen LogP contribution in [0.15, 0.2) is 83.8 Å². The molecule has 1 N–H and O–H groups in total. The fraction of sp³-hybridized carbons (Fsp3) is 0.208. The molecule has 0 fully saturated rings. The molecule has 3 rings (SSSR count). The molecule has 0 bridgehead atoms. The maximum absolute atomic E-state index is 13.3. The van der Waals surface area contributed by atoms with Crippen molar-refractivity contribution in [2.45, 2.75) is 25.3 Å². The maximum atomic E-state index is 13.3. The van der Waals surface area contributed by atoms with E-state index in [2.05, 4.69) is 5.32 Å². The van der Waals surface area contributed by atoms with Crippen molar-refractivity contribution < 1.29 is 17.9 Å². The predicted molar refractivity (Wildman–Crippen MR) is 121 cm³/mol. The molecule has 162 valence electrons. The highest BCUT2D eigenvalue weighted by atomic mass is 32.2. The Morgan fingerprint density at radius 3 is 2.19 bits per heavy atom. The van der Waals surface area contributed by atoms with E-state index in [9.17, 15) is 13.2 Å². The molecule has 0 unspecified atom stereocenters. The number of anilines is 1. The molecule has 0 spiro atoms. The van der Waals surface area contributed by atoms with Crippen molar-refractivity contribution in [3.63, 3.8) is 0 Å². The quantitative estimate of drug-likeness (QED) is 0.543. The van der Waals surface area contributed by atoms with Crippen LogP contribution >= 0.6 is 0 Å². The van der Waals surface area contributed by atoms with E-state index in [1.807, 2.05) is 56.3 Å². The largest absolute Gasteiger partial charge is 0.494 e. The molecule has 3 aromatic rings. The van der Waals surface area contributed by atoms with Crippen LogP contribution in [0.25, 0.3) is 0 Å². The number of aryl methyl sites for hydroxylation is 1. The van der Waals surface area contributed by atoms with Crippen LogP contribution < -0.4 is 10.1 Å². The Kier molecular flexibility index (Phi) is 7.44. The second kappa shape index (κ2) is 10.2. The van der Waals surface area contributed by atoms with Gasteiger partial charge in [0.05, 0.1) is 18.0 Å². The predicted octanol–water partition coefficient (Wildman–Crippen LogP) is 4.22. The van der Waals surface area contributed by atoms with E-state index in [0.29, 0.717) is 18.0 Å². The molecule has 6 nitrogen and oxygen atoms in total. The van der Waals surface area contributed by atoms with E-state index in [4.69, 9.17) is 4.74 Å². The Labute approximate surface area is 183 Å². The summed E-state index contributed by atoms with van der Waals surface area (Å²) in [6.45, 7) is 4.08. The van der Waals surface area contributed by atoms with Crippen LogP contribution in [0.2, 0.25) is 0 Å². The lowest BCUT2D eigenvalue weighted by Gasteiger charge is -2.22. The van der Waals surface area contributed by atoms with Crippen molar-refractivity contribution in [3.8, 4) is 5.75 Å². The van der Waals surface area contributed by atoms with E-state index in [1.54, 1.807) is 24.3 Å². The average Bonchev–Trinajstić information content (AvgIpc) is 2.76. The Hall–Kier alpha value is -3.16. The van der Waals surface area contributed by atoms with Gasteiger partial charge < -0.3 is 10.1 Å². The Balaban J connectivity index is 1.84. The topological polar surface area (TPSA) is 75.7 Å². The molecule has 0 atom stereocenters. The molecule has 0 aliphatic rings. The number of ether oxygens (including phenoxy) is 1. The van der Waals surface area contributed by atoms with Crippen LogP contribution in [0.1, 0.15) is 18.1 Å². The van der Waals surface area contributed by atoms with Gasteiger partial charge in [-0.05, 0) is 55.8 Å². The average molecular weight is 439 g/mol. The first-order valence-corrected chi connectivity index (χ1v) is 11.5. The first-order valence-electron chi connectivity index (χ1n) is 10.0. The van der Waals surface area contributed by atoms with Crippen molar-refractivity contribution in [1.29, 1.82) is 0 Å². The summed E-state index contributed by atoms with van der Waals surface area (Å²) in [6, 6.07) is 22.8. The molecule has 31 heavy (non-hydrogen) atoms. The third kappa shape index (κ3) is 6.16. The van der Waals surface area contributed by atoms with Crippen molar-refractivity contribution >= 4 is 21.6 Å². The molecule has 0 aliphatic carbocycles. The zero-order chi connectivity index (χ0) is 22.3. The highest BCUT2D eigenvalue weighted by Crippen LogP contribution is 2.22. The summed E-state index contributed by atoms with van der Waals surface area (Å²) < 4.78 is 33.3. The third-order valence-electron chi connectivity index (χ3n) is 4.63. The van der Waals surface area contributed by atoms with Gasteiger partial charge in [-0.15, -0.1) is 0 Å². The fourth-order valence-corrected chi connectivity index (χ4v) is 4.42. The minimum atomic E-state index is -3.91. The smallest absolute Gasteiger partial charge is 0.243 e. The third-order valence-corrected chi connectivity index (χ3v) is 6.44. The summed E-state index contributed by atoms with van der Waals surface area (Å²) in [5.41, 5.74) is 2.48. The maximum Gasteiger partial charge on any atom is 0.243 e. The van der Waals surface area contributed by atoms with E-state index >= 15 is 0 Å². The molecular weight excluding hydrogens is 412 g/mol. The zero-order valence-corrected chi connectivity index (χ0v) is 18.4. The molecule has 0 heterocycles. The van der Waals surface area contributed by atoms with Gasteiger partial charge in [0, 0.05) is 12.2 Å². The number of benzene rings is 3.